The van der Waals surface area contributed by atoms with Gasteiger partial charge in [-0.05, 0) is 13.0 Å². The summed E-state index contributed by atoms with van der Waals surface area (Å²) in [6.45, 7) is 1.56. The SMILES string of the molecule is Cc1nc(-n2ccc(O)cc2=O)sc1C(=O)O. The van der Waals surface area contributed by atoms with E-state index in [0.29, 0.717) is 5.69 Å². The molecule has 0 amide bonds. The van der Waals surface area contributed by atoms with Crippen molar-refractivity contribution in [1.29, 1.82) is 0 Å². The number of rotatable bonds is 2. The largest absolute Gasteiger partial charge is 0.508 e. The van der Waals surface area contributed by atoms with Gasteiger partial charge >= 0.3 is 5.97 Å². The number of aromatic hydroxyl groups is 1. The van der Waals surface area contributed by atoms with Crippen LogP contribution in [0.3, 0.4) is 0 Å². The van der Waals surface area contributed by atoms with Crippen molar-refractivity contribution in [2.24, 2.45) is 0 Å². The molecule has 0 aliphatic heterocycles. The fourth-order valence-corrected chi connectivity index (χ4v) is 2.21. The van der Waals surface area contributed by atoms with Crippen molar-refractivity contribution >= 4 is 17.3 Å². The lowest BCUT2D eigenvalue weighted by Crippen LogP contribution is -2.15. The first-order valence-electron chi connectivity index (χ1n) is 4.62. The summed E-state index contributed by atoms with van der Waals surface area (Å²) in [5, 5.41) is 18.3. The topological polar surface area (TPSA) is 92.4 Å². The zero-order valence-electron chi connectivity index (χ0n) is 8.75. The monoisotopic (exact) mass is 252 g/mol. The molecular formula is C10H8N2O4S. The predicted molar refractivity (Wildman–Crippen MR) is 61.1 cm³/mol. The van der Waals surface area contributed by atoms with E-state index in [-0.39, 0.29) is 15.8 Å². The maximum absolute atomic E-state index is 11.6. The highest BCUT2D eigenvalue weighted by molar-refractivity contribution is 7.16. The van der Waals surface area contributed by atoms with Crippen LogP contribution in [0.1, 0.15) is 15.4 Å². The Morgan fingerprint density at radius 1 is 1.53 bits per heavy atom. The molecule has 0 saturated carbocycles. The van der Waals surface area contributed by atoms with Crippen molar-refractivity contribution in [3.8, 4) is 10.9 Å². The number of aromatic carboxylic acids is 1. The molecule has 2 heterocycles. The van der Waals surface area contributed by atoms with Gasteiger partial charge in [0.1, 0.15) is 10.6 Å². The number of carboxylic acid groups (broad SMARTS) is 1. The van der Waals surface area contributed by atoms with Crippen LogP contribution >= 0.6 is 11.3 Å². The molecule has 2 aromatic heterocycles. The summed E-state index contributed by atoms with van der Waals surface area (Å²) in [4.78, 5) is 26.5. The van der Waals surface area contributed by atoms with Crippen molar-refractivity contribution in [2.75, 3.05) is 0 Å². The molecule has 0 aliphatic rings. The summed E-state index contributed by atoms with van der Waals surface area (Å²) in [6, 6.07) is 2.37. The maximum Gasteiger partial charge on any atom is 0.347 e. The van der Waals surface area contributed by atoms with Gasteiger partial charge in [-0.2, -0.15) is 0 Å². The normalized spacial score (nSPS) is 10.4. The van der Waals surface area contributed by atoms with Gasteiger partial charge in [-0.25, -0.2) is 9.78 Å². The summed E-state index contributed by atoms with van der Waals surface area (Å²) < 4.78 is 1.18. The fraction of sp³-hybridized carbons (Fsp3) is 0.100. The van der Waals surface area contributed by atoms with Gasteiger partial charge in [0, 0.05) is 12.3 Å². The van der Waals surface area contributed by atoms with Gasteiger partial charge in [0.2, 0.25) is 0 Å². The van der Waals surface area contributed by atoms with E-state index in [9.17, 15) is 9.59 Å². The highest BCUT2D eigenvalue weighted by atomic mass is 32.1. The second kappa shape index (κ2) is 4.02. The Bertz CT molecular complexity index is 644. The quantitative estimate of drug-likeness (QED) is 0.832. The first kappa shape index (κ1) is 11.3. The molecule has 0 unspecified atom stereocenters. The lowest BCUT2D eigenvalue weighted by molar-refractivity contribution is 0.0701. The molecule has 0 aromatic carbocycles. The van der Waals surface area contributed by atoms with Crippen molar-refractivity contribution in [1.82, 2.24) is 9.55 Å². The van der Waals surface area contributed by atoms with Crippen molar-refractivity contribution < 1.29 is 15.0 Å². The second-order valence-corrected chi connectivity index (χ2v) is 4.29. The zero-order chi connectivity index (χ0) is 12.6. The summed E-state index contributed by atoms with van der Waals surface area (Å²) in [5.74, 6) is -1.21. The van der Waals surface area contributed by atoms with Crippen molar-refractivity contribution in [3.05, 3.63) is 39.3 Å². The van der Waals surface area contributed by atoms with E-state index in [2.05, 4.69) is 4.98 Å². The minimum absolute atomic E-state index is 0.0972. The first-order chi connectivity index (χ1) is 7.99. The summed E-state index contributed by atoms with van der Waals surface area (Å²) in [6.07, 6.45) is 1.35. The molecule has 0 radical (unpaired) electrons. The van der Waals surface area contributed by atoms with Gasteiger partial charge in [0.15, 0.2) is 5.13 Å². The van der Waals surface area contributed by atoms with E-state index in [1.54, 1.807) is 6.92 Å². The molecule has 0 saturated heterocycles. The Hall–Kier alpha value is -2.15. The van der Waals surface area contributed by atoms with E-state index >= 15 is 0 Å². The second-order valence-electron chi connectivity index (χ2n) is 3.31. The molecule has 0 spiro atoms. The third-order valence-electron chi connectivity index (χ3n) is 2.09. The lowest BCUT2D eigenvalue weighted by Gasteiger charge is -1.99. The molecule has 2 rings (SSSR count). The minimum Gasteiger partial charge on any atom is -0.508 e. The van der Waals surface area contributed by atoms with E-state index < -0.39 is 11.5 Å². The van der Waals surface area contributed by atoms with Gasteiger partial charge < -0.3 is 10.2 Å². The zero-order valence-corrected chi connectivity index (χ0v) is 9.56. The van der Waals surface area contributed by atoms with Crippen LogP contribution in [-0.4, -0.2) is 25.7 Å². The number of carboxylic acids is 1. The van der Waals surface area contributed by atoms with E-state index in [4.69, 9.17) is 10.2 Å². The van der Waals surface area contributed by atoms with Crippen LogP contribution in [0.25, 0.3) is 5.13 Å². The molecule has 0 aliphatic carbocycles. The Balaban J connectivity index is 2.58. The number of hydrogen-bond donors (Lipinski definition) is 2. The molecule has 0 fully saturated rings. The van der Waals surface area contributed by atoms with Gasteiger partial charge in [-0.15, -0.1) is 0 Å². The number of pyridine rings is 1. The number of hydrogen-bond acceptors (Lipinski definition) is 5. The smallest absolute Gasteiger partial charge is 0.347 e. The Kier molecular flexibility index (Phi) is 2.68. The molecule has 88 valence electrons. The average Bonchev–Trinajstić information content (AvgIpc) is 2.60. The minimum atomic E-state index is -1.07. The summed E-state index contributed by atoms with van der Waals surface area (Å²) >= 11 is 0.911. The average molecular weight is 252 g/mol. The van der Waals surface area contributed by atoms with Crippen LogP contribution in [0, 0.1) is 6.92 Å². The maximum atomic E-state index is 11.6. The molecule has 6 nitrogen and oxygen atoms in total. The van der Waals surface area contributed by atoms with Crippen LogP contribution < -0.4 is 5.56 Å². The number of aromatic nitrogens is 2. The van der Waals surface area contributed by atoms with Crippen LogP contribution in [0.15, 0.2) is 23.1 Å². The standard InChI is InChI=1S/C10H8N2O4S/c1-5-8(9(15)16)17-10(11-5)12-3-2-6(13)4-7(12)14/h2-4,13H,1H3,(H,15,16). The van der Waals surface area contributed by atoms with Crippen LogP contribution in [-0.2, 0) is 0 Å². The fourth-order valence-electron chi connectivity index (χ4n) is 1.31. The van der Waals surface area contributed by atoms with Crippen LogP contribution in [0.2, 0.25) is 0 Å². The molecule has 0 bridgehead atoms. The summed E-state index contributed by atoms with van der Waals surface area (Å²) in [7, 11) is 0. The number of thiazole rings is 1. The highest BCUT2D eigenvalue weighted by Gasteiger charge is 2.15. The number of carbonyl (C=O) groups is 1. The molecule has 2 aromatic rings. The number of aryl methyl sites for hydroxylation is 1. The molecule has 17 heavy (non-hydrogen) atoms. The molecule has 2 N–H and O–H groups in total. The Morgan fingerprint density at radius 3 is 2.76 bits per heavy atom. The van der Waals surface area contributed by atoms with Crippen molar-refractivity contribution in [2.45, 2.75) is 6.92 Å². The van der Waals surface area contributed by atoms with Gasteiger partial charge in [-0.1, -0.05) is 11.3 Å². The third kappa shape index (κ3) is 2.04. The van der Waals surface area contributed by atoms with Crippen molar-refractivity contribution in [3.63, 3.8) is 0 Å². The van der Waals surface area contributed by atoms with Gasteiger partial charge in [0.05, 0.1) is 5.69 Å². The van der Waals surface area contributed by atoms with Crippen LogP contribution in [0.5, 0.6) is 5.75 Å². The molecular weight excluding hydrogens is 244 g/mol. The highest BCUT2D eigenvalue weighted by Crippen LogP contribution is 2.20. The molecule has 7 heteroatoms. The van der Waals surface area contributed by atoms with E-state index in [0.717, 1.165) is 17.4 Å². The third-order valence-corrected chi connectivity index (χ3v) is 3.23. The van der Waals surface area contributed by atoms with Crippen LogP contribution in [0.4, 0.5) is 0 Å². The first-order valence-corrected chi connectivity index (χ1v) is 5.43. The van der Waals surface area contributed by atoms with E-state index in [1.165, 1.54) is 16.8 Å². The molecule has 0 atom stereocenters. The Morgan fingerprint density at radius 2 is 2.24 bits per heavy atom. The van der Waals surface area contributed by atoms with Gasteiger partial charge in [0.25, 0.3) is 5.56 Å². The number of nitrogens with zero attached hydrogens (tertiary/aromatic N) is 2. The predicted octanol–water partition coefficient (Wildman–Crippen LogP) is 1.01. The summed E-state index contributed by atoms with van der Waals surface area (Å²) in [5.41, 5.74) is -0.104. The van der Waals surface area contributed by atoms with E-state index in [1.807, 2.05) is 0 Å². The lowest BCUT2D eigenvalue weighted by atomic mass is 10.4. The van der Waals surface area contributed by atoms with Gasteiger partial charge in [-0.3, -0.25) is 9.36 Å². The Labute approximate surface area is 99.4 Å².